The minimum atomic E-state index is -0.457. The predicted octanol–water partition coefficient (Wildman–Crippen LogP) is 5.52. The summed E-state index contributed by atoms with van der Waals surface area (Å²) in [4.78, 5) is 36.5. The lowest BCUT2D eigenvalue weighted by molar-refractivity contribution is -0.119. The number of nitrogens with zero attached hydrogens (tertiary/aromatic N) is 3. The van der Waals surface area contributed by atoms with E-state index in [2.05, 4.69) is 11.9 Å². The molecule has 0 unspecified atom stereocenters. The van der Waals surface area contributed by atoms with E-state index in [9.17, 15) is 14.7 Å². The van der Waals surface area contributed by atoms with E-state index in [1.165, 1.54) is 7.11 Å². The Bertz CT molecular complexity index is 1470. The van der Waals surface area contributed by atoms with Crippen molar-refractivity contribution in [3.05, 3.63) is 89.5 Å². The molecule has 0 radical (unpaired) electrons. The average Bonchev–Trinajstić information content (AvgIpc) is 3.26. The Morgan fingerprint density at radius 1 is 0.974 bits per heavy atom. The van der Waals surface area contributed by atoms with Crippen molar-refractivity contribution in [3.8, 4) is 5.88 Å². The van der Waals surface area contributed by atoms with E-state index in [1.807, 2.05) is 78.5 Å². The summed E-state index contributed by atoms with van der Waals surface area (Å²) in [6.07, 6.45) is 1.90. The molecule has 1 amide bonds. The highest BCUT2D eigenvalue weighted by Crippen LogP contribution is 2.32. The van der Waals surface area contributed by atoms with Crippen LogP contribution in [0, 0.1) is 0 Å². The number of H-pyrrole nitrogens is 1. The second-order valence-corrected chi connectivity index (χ2v) is 9.58. The maximum Gasteiger partial charge on any atom is 0.337 e. The number of hydrogen-bond acceptors (Lipinski definition) is 6. The second kappa shape index (κ2) is 12.4. The molecule has 8 heteroatoms. The van der Waals surface area contributed by atoms with Crippen LogP contribution in [0.2, 0.25) is 0 Å². The molecule has 4 aromatic rings. The van der Waals surface area contributed by atoms with Gasteiger partial charge in [-0.15, -0.1) is 0 Å². The molecule has 4 rings (SSSR count). The number of fused-ring (bicyclic) bond motifs is 1. The minimum absolute atomic E-state index is 0.0460. The summed E-state index contributed by atoms with van der Waals surface area (Å²) in [5.41, 5.74) is 4.39. The van der Waals surface area contributed by atoms with Crippen molar-refractivity contribution in [1.82, 2.24) is 9.88 Å². The van der Waals surface area contributed by atoms with Crippen molar-refractivity contribution in [2.24, 2.45) is 4.99 Å². The summed E-state index contributed by atoms with van der Waals surface area (Å²) in [7, 11) is 5.10. The van der Waals surface area contributed by atoms with Crippen molar-refractivity contribution in [2.45, 2.75) is 19.8 Å². The van der Waals surface area contributed by atoms with Gasteiger partial charge in [0.1, 0.15) is 0 Å². The number of nitrogens with one attached hydrogen (secondary N) is 1. The number of unbranched alkanes of at least 4 members (excludes halogenated alkanes) is 1. The molecule has 0 saturated carbocycles. The molecule has 1 aromatic heterocycles. The average molecular weight is 527 g/mol. The number of amides is 1. The second-order valence-electron chi connectivity index (χ2n) is 9.58. The molecular weight excluding hydrogens is 492 g/mol. The molecule has 0 aliphatic carbocycles. The van der Waals surface area contributed by atoms with E-state index < -0.39 is 5.97 Å². The summed E-state index contributed by atoms with van der Waals surface area (Å²) in [6, 6.07) is 22.3. The van der Waals surface area contributed by atoms with Crippen LogP contribution in [0.25, 0.3) is 10.9 Å². The third kappa shape index (κ3) is 6.35. The highest BCUT2D eigenvalue weighted by molar-refractivity contribution is 6.22. The van der Waals surface area contributed by atoms with Gasteiger partial charge in [0.2, 0.25) is 5.91 Å². The highest BCUT2D eigenvalue weighted by Gasteiger charge is 2.20. The fourth-order valence-corrected chi connectivity index (χ4v) is 4.43. The van der Waals surface area contributed by atoms with Crippen LogP contribution in [-0.2, 0) is 9.53 Å². The molecule has 39 heavy (non-hydrogen) atoms. The largest absolute Gasteiger partial charge is 0.494 e. The molecule has 0 saturated heterocycles. The lowest BCUT2D eigenvalue weighted by atomic mass is 10.00. The van der Waals surface area contributed by atoms with Gasteiger partial charge < -0.3 is 24.6 Å². The Hall–Kier alpha value is -4.43. The number of aromatic nitrogens is 1. The van der Waals surface area contributed by atoms with Gasteiger partial charge in [0.05, 0.1) is 36.2 Å². The third-order valence-electron chi connectivity index (χ3n) is 6.37. The molecule has 0 atom stereocenters. The summed E-state index contributed by atoms with van der Waals surface area (Å²) < 4.78 is 4.83. The maximum atomic E-state index is 12.9. The van der Waals surface area contributed by atoms with Gasteiger partial charge in [-0.25, -0.2) is 9.79 Å². The van der Waals surface area contributed by atoms with Crippen molar-refractivity contribution >= 4 is 39.9 Å². The van der Waals surface area contributed by atoms with Crippen LogP contribution in [-0.4, -0.2) is 66.9 Å². The van der Waals surface area contributed by atoms with E-state index in [4.69, 9.17) is 9.73 Å². The zero-order chi connectivity index (χ0) is 27.9. The number of carbonyl (C=O) groups excluding carboxylic acids is 2. The van der Waals surface area contributed by atoms with Crippen LogP contribution in [0.1, 0.15) is 41.3 Å². The van der Waals surface area contributed by atoms with Gasteiger partial charge in [-0.1, -0.05) is 49.7 Å². The van der Waals surface area contributed by atoms with Crippen LogP contribution in [0.5, 0.6) is 5.88 Å². The molecule has 0 bridgehead atoms. The van der Waals surface area contributed by atoms with E-state index in [1.54, 1.807) is 18.2 Å². The number of ether oxygens (including phenoxy) is 1. The van der Waals surface area contributed by atoms with Gasteiger partial charge in [-0.3, -0.25) is 4.79 Å². The van der Waals surface area contributed by atoms with Crippen molar-refractivity contribution in [3.63, 3.8) is 0 Å². The summed E-state index contributed by atoms with van der Waals surface area (Å²) in [6.45, 7) is 3.09. The van der Waals surface area contributed by atoms with Gasteiger partial charge in [-0.2, -0.15) is 0 Å². The number of benzene rings is 3. The van der Waals surface area contributed by atoms with Gasteiger partial charge >= 0.3 is 5.97 Å². The first kappa shape index (κ1) is 27.6. The molecule has 2 N–H and O–H groups in total. The fourth-order valence-electron chi connectivity index (χ4n) is 4.43. The fraction of sp³-hybridized carbons (Fsp3) is 0.258. The number of likely N-dealkylation sites (N-methyl/N-ethyl adjacent to an activating group) is 1. The number of hydrogen-bond donors (Lipinski definition) is 2. The van der Waals surface area contributed by atoms with Gasteiger partial charge in [0.25, 0.3) is 0 Å². The van der Waals surface area contributed by atoms with E-state index in [0.717, 1.165) is 29.5 Å². The Balaban J connectivity index is 1.77. The van der Waals surface area contributed by atoms with Crippen LogP contribution in [0.4, 0.5) is 11.4 Å². The molecule has 1 heterocycles. The number of aromatic hydroxyl groups is 1. The summed E-state index contributed by atoms with van der Waals surface area (Å²) in [5, 5.41) is 11.7. The maximum absolute atomic E-state index is 12.9. The van der Waals surface area contributed by atoms with Gasteiger partial charge in [-0.05, 0) is 56.9 Å². The molecule has 202 valence electrons. The predicted molar refractivity (Wildman–Crippen MR) is 155 cm³/mol. The number of methoxy groups -OCH3 is 1. The number of aromatic amines is 1. The van der Waals surface area contributed by atoms with Crippen LogP contribution < -0.4 is 4.90 Å². The molecule has 3 aromatic carbocycles. The zero-order valence-corrected chi connectivity index (χ0v) is 22.8. The number of anilines is 1. The van der Waals surface area contributed by atoms with E-state index in [0.29, 0.717) is 41.1 Å². The van der Waals surface area contributed by atoms with Crippen molar-refractivity contribution in [2.75, 3.05) is 39.2 Å². The van der Waals surface area contributed by atoms with E-state index >= 15 is 0 Å². The Morgan fingerprint density at radius 2 is 1.69 bits per heavy atom. The highest BCUT2D eigenvalue weighted by atomic mass is 16.5. The zero-order valence-electron chi connectivity index (χ0n) is 22.8. The summed E-state index contributed by atoms with van der Waals surface area (Å²) in [5.74, 6) is -0.461. The normalized spacial score (nSPS) is 11.7. The van der Waals surface area contributed by atoms with Crippen LogP contribution >= 0.6 is 0 Å². The molecule has 0 aliphatic heterocycles. The topological polar surface area (TPSA) is 98.2 Å². The first-order valence-electron chi connectivity index (χ1n) is 12.9. The van der Waals surface area contributed by atoms with Crippen molar-refractivity contribution in [1.29, 1.82) is 0 Å². The molecule has 8 nitrogen and oxygen atoms in total. The van der Waals surface area contributed by atoms with Crippen LogP contribution in [0.3, 0.4) is 0 Å². The summed E-state index contributed by atoms with van der Waals surface area (Å²) >= 11 is 0. The third-order valence-corrected chi connectivity index (χ3v) is 6.37. The Morgan fingerprint density at radius 3 is 2.33 bits per heavy atom. The SMILES string of the molecule is CCCCN(C(=O)CN(C)C)c1ccc(N=C(c2ccccc2)c2c(O)[nH]c3cc(C(=O)OC)ccc23)cc1. The first-order chi connectivity index (χ1) is 18.8. The Labute approximate surface area is 228 Å². The molecule has 0 spiro atoms. The lowest BCUT2D eigenvalue weighted by Crippen LogP contribution is -2.38. The first-order valence-corrected chi connectivity index (χ1v) is 12.9. The minimum Gasteiger partial charge on any atom is -0.494 e. The van der Waals surface area contributed by atoms with Gasteiger partial charge in [0, 0.05) is 28.7 Å². The molecular formula is C31H34N4O4. The van der Waals surface area contributed by atoms with E-state index in [-0.39, 0.29) is 11.8 Å². The molecule has 0 aliphatic rings. The standard InChI is InChI=1S/C31H34N4O4/c1-5-6-18-35(27(36)20-34(2)3)24-15-13-23(14-16-24)32-29(21-10-8-7-9-11-21)28-25-17-12-22(31(38)39-4)19-26(25)33-30(28)37/h7-17,19,33,37H,5-6,18,20H2,1-4H3. The van der Waals surface area contributed by atoms with Crippen molar-refractivity contribution < 1.29 is 19.4 Å². The smallest absolute Gasteiger partial charge is 0.337 e. The van der Waals surface area contributed by atoms with Gasteiger partial charge in [0.15, 0.2) is 5.88 Å². The molecule has 0 fully saturated rings. The number of aliphatic imine (C=N–C) groups is 1. The number of carbonyl (C=O) groups is 2. The number of rotatable bonds is 10. The number of esters is 1. The lowest BCUT2D eigenvalue weighted by Gasteiger charge is -2.24. The monoisotopic (exact) mass is 526 g/mol. The Kier molecular flexibility index (Phi) is 8.78. The quantitative estimate of drug-likeness (QED) is 0.209. The van der Waals surface area contributed by atoms with Crippen LogP contribution in [0.15, 0.2) is 77.8 Å².